The highest BCUT2D eigenvalue weighted by atomic mass is 32.1. The van der Waals surface area contributed by atoms with E-state index < -0.39 is 0 Å². The number of nitrogens with zero attached hydrogens (tertiary/aromatic N) is 2. The lowest BCUT2D eigenvalue weighted by molar-refractivity contribution is 0.551. The molecular formula is C14H21N3S. The Kier molecular flexibility index (Phi) is 4.96. The van der Waals surface area contributed by atoms with E-state index in [2.05, 4.69) is 47.3 Å². The lowest BCUT2D eigenvalue weighted by Gasteiger charge is -2.05. The third-order valence-corrected chi connectivity index (χ3v) is 3.51. The van der Waals surface area contributed by atoms with Gasteiger partial charge in [0.15, 0.2) is 0 Å². The van der Waals surface area contributed by atoms with Gasteiger partial charge in [0.05, 0.1) is 6.20 Å². The molecule has 0 radical (unpaired) electrons. The number of rotatable bonds is 7. The normalized spacial score (nSPS) is 11.3. The maximum atomic E-state index is 4.39. The van der Waals surface area contributed by atoms with Gasteiger partial charge in [0.2, 0.25) is 0 Å². The second kappa shape index (κ2) is 6.71. The van der Waals surface area contributed by atoms with Gasteiger partial charge in [0.25, 0.3) is 0 Å². The van der Waals surface area contributed by atoms with Crippen LogP contribution >= 0.6 is 11.3 Å². The molecule has 2 rings (SSSR count). The summed E-state index contributed by atoms with van der Waals surface area (Å²) in [4.78, 5) is 0. The molecule has 2 heterocycles. The Morgan fingerprint density at radius 2 is 2.28 bits per heavy atom. The van der Waals surface area contributed by atoms with Crippen molar-refractivity contribution in [1.82, 2.24) is 15.1 Å². The minimum atomic E-state index is 0.693. The van der Waals surface area contributed by atoms with Crippen LogP contribution < -0.4 is 5.32 Å². The molecule has 0 saturated heterocycles. The Balaban J connectivity index is 1.75. The van der Waals surface area contributed by atoms with E-state index in [0.717, 1.165) is 26.1 Å². The molecule has 2 aromatic heterocycles. The summed E-state index contributed by atoms with van der Waals surface area (Å²) < 4.78 is 2.03. The van der Waals surface area contributed by atoms with E-state index in [0.29, 0.717) is 5.92 Å². The number of aromatic nitrogens is 2. The molecule has 18 heavy (non-hydrogen) atoms. The second-order valence-electron chi connectivity index (χ2n) is 5.02. The fourth-order valence-corrected chi connectivity index (χ4v) is 2.51. The number of hydrogen-bond donors (Lipinski definition) is 1. The molecule has 2 aromatic rings. The highest BCUT2D eigenvalue weighted by Gasteiger charge is 2.00. The number of nitrogens with one attached hydrogen (secondary N) is 1. The van der Waals surface area contributed by atoms with E-state index in [-0.39, 0.29) is 0 Å². The summed E-state index contributed by atoms with van der Waals surface area (Å²) in [5, 5.41) is 12.2. The summed E-state index contributed by atoms with van der Waals surface area (Å²) >= 11 is 1.75. The van der Waals surface area contributed by atoms with Crippen LogP contribution in [0, 0.1) is 5.92 Å². The topological polar surface area (TPSA) is 29.9 Å². The zero-order valence-corrected chi connectivity index (χ0v) is 11.9. The van der Waals surface area contributed by atoms with Crippen LogP contribution in [-0.2, 0) is 19.5 Å². The monoisotopic (exact) mass is 263 g/mol. The average Bonchev–Trinajstić information content (AvgIpc) is 2.96. The molecule has 98 valence electrons. The molecule has 0 aliphatic carbocycles. The molecule has 3 nitrogen and oxygen atoms in total. The van der Waals surface area contributed by atoms with Crippen LogP contribution in [0.2, 0.25) is 0 Å². The number of aryl methyl sites for hydroxylation is 2. The van der Waals surface area contributed by atoms with Crippen molar-refractivity contribution in [2.45, 2.75) is 33.4 Å². The smallest absolute Gasteiger partial charge is 0.0534 e. The predicted molar refractivity (Wildman–Crippen MR) is 76.8 cm³/mol. The molecule has 0 saturated carbocycles. The Morgan fingerprint density at radius 1 is 1.39 bits per heavy atom. The Labute approximate surface area is 113 Å². The van der Waals surface area contributed by atoms with Gasteiger partial charge >= 0.3 is 0 Å². The first-order valence-corrected chi connectivity index (χ1v) is 7.41. The van der Waals surface area contributed by atoms with Gasteiger partial charge in [-0.3, -0.25) is 4.68 Å². The minimum Gasteiger partial charge on any atom is -0.312 e. The molecule has 4 heteroatoms. The van der Waals surface area contributed by atoms with Gasteiger partial charge in [-0.25, -0.2) is 0 Å². The van der Waals surface area contributed by atoms with Crippen LogP contribution in [0.4, 0.5) is 0 Å². The van der Waals surface area contributed by atoms with E-state index in [1.165, 1.54) is 11.1 Å². The summed E-state index contributed by atoms with van der Waals surface area (Å²) in [6.45, 7) is 7.37. The van der Waals surface area contributed by atoms with Gasteiger partial charge in [-0.1, -0.05) is 13.8 Å². The van der Waals surface area contributed by atoms with Gasteiger partial charge in [-0.05, 0) is 41.3 Å². The van der Waals surface area contributed by atoms with Gasteiger partial charge in [-0.15, -0.1) is 0 Å². The van der Waals surface area contributed by atoms with Crippen LogP contribution in [0.5, 0.6) is 0 Å². The first-order chi connectivity index (χ1) is 8.74. The fraction of sp³-hybridized carbons (Fsp3) is 0.500. The third kappa shape index (κ3) is 4.27. The van der Waals surface area contributed by atoms with E-state index in [1.807, 2.05) is 10.9 Å². The maximum Gasteiger partial charge on any atom is 0.0534 e. The Morgan fingerprint density at radius 3 is 3.00 bits per heavy atom. The van der Waals surface area contributed by atoms with Crippen molar-refractivity contribution in [3.8, 4) is 0 Å². The first kappa shape index (κ1) is 13.3. The molecule has 0 unspecified atom stereocenters. The van der Waals surface area contributed by atoms with Crippen LogP contribution in [0.25, 0.3) is 0 Å². The van der Waals surface area contributed by atoms with Crippen LogP contribution in [-0.4, -0.2) is 16.3 Å². The van der Waals surface area contributed by atoms with Crippen molar-refractivity contribution in [2.24, 2.45) is 5.92 Å². The van der Waals surface area contributed by atoms with Crippen molar-refractivity contribution >= 4 is 11.3 Å². The molecule has 0 amide bonds. The van der Waals surface area contributed by atoms with Crippen molar-refractivity contribution in [3.63, 3.8) is 0 Å². The molecule has 0 fully saturated rings. The second-order valence-corrected chi connectivity index (χ2v) is 5.80. The lowest BCUT2D eigenvalue weighted by Crippen LogP contribution is -2.18. The maximum absolute atomic E-state index is 4.39. The van der Waals surface area contributed by atoms with E-state index >= 15 is 0 Å². The summed E-state index contributed by atoms with van der Waals surface area (Å²) in [7, 11) is 0. The average molecular weight is 263 g/mol. The minimum absolute atomic E-state index is 0.693. The van der Waals surface area contributed by atoms with Crippen LogP contribution in [0.15, 0.2) is 29.2 Å². The quantitative estimate of drug-likeness (QED) is 0.832. The van der Waals surface area contributed by atoms with E-state index in [1.54, 1.807) is 11.3 Å². The summed E-state index contributed by atoms with van der Waals surface area (Å²) in [6.07, 6.45) is 5.16. The van der Waals surface area contributed by atoms with Crippen molar-refractivity contribution in [2.75, 3.05) is 6.54 Å². The molecule has 0 spiro atoms. The molecule has 1 N–H and O–H groups in total. The standard InChI is InChI=1S/C14H21N3S/c1-12(2)7-15-8-14-9-16-17(10-14)5-3-13-4-6-18-11-13/h4,6,9-12,15H,3,5,7-8H2,1-2H3. The van der Waals surface area contributed by atoms with Crippen LogP contribution in [0.1, 0.15) is 25.0 Å². The van der Waals surface area contributed by atoms with E-state index in [9.17, 15) is 0 Å². The van der Waals surface area contributed by atoms with Crippen molar-refractivity contribution in [3.05, 3.63) is 40.3 Å². The predicted octanol–water partition coefficient (Wildman–Crippen LogP) is 2.93. The first-order valence-electron chi connectivity index (χ1n) is 6.47. The number of thiophene rings is 1. The molecular weight excluding hydrogens is 242 g/mol. The molecule has 0 bridgehead atoms. The Bertz CT molecular complexity index is 445. The summed E-state index contributed by atoms with van der Waals surface area (Å²) in [5.74, 6) is 0.693. The zero-order chi connectivity index (χ0) is 12.8. The van der Waals surface area contributed by atoms with Crippen molar-refractivity contribution < 1.29 is 0 Å². The van der Waals surface area contributed by atoms with Gasteiger partial charge in [-0.2, -0.15) is 16.4 Å². The summed E-state index contributed by atoms with van der Waals surface area (Å²) in [5.41, 5.74) is 2.66. The third-order valence-electron chi connectivity index (χ3n) is 2.78. The lowest BCUT2D eigenvalue weighted by atomic mass is 10.2. The highest BCUT2D eigenvalue weighted by Crippen LogP contribution is 2.08. The Hall–Kier alpha value is -1.13. The van der Waals surface area contributed by atoms with E-state index in [4.69, 9.17) is 0 Å². The largest absolute Gasteiger partial charge is 0.312 e. The van der Waals surface area contributed by atoms with Gasteiger partial charge < -0.3 is 5.32 Å². The molecule has 0 aliphatic rings. The molecule has 0 atom stereocenters. The SMILES string of the molecule is CC(C)CNCc1cnn(CCc2ccsc2)c1. The summed E-state index contributed by atoms with van der Waals surface area (Å²) in [6, 6.07) is 2.18. The number of hydrogen-bond acceptors (Lipinski definition) is 3. The zero-order valence-electron chi connectivity index (χ0n) is 11.1. The molecule has 0 aliphatic heterocycles. The molecule has 0 aromatic carbocycles. The van der Waals surface area contributed by atoms with Gasteiger partial charge in [0.1, 0.15) is 0 Å². The van der Waals surface area contributed by atoms with Gasteiger partial charge in [0, 0.05) is 24.8 Å². The fourth-order valence-electron chi connectivity index (χ4n) is 1.80. The highest BCUT2D eigenvalue weighted by molar-refractivity contribution is 7.07. The van der Waals surface area contributed by atoms with Crippen LogP contribution in [0.3, 0.4) is 0 Å². The van der Waals surface area contributed by atoms with Crippen molar-refractivity contribution in [1.29, 1.82) is 0 Å².